The molecule has 5 rings (SSSR count). The summed E-state index contributed by atoms with van der Waals surface area (Å²) in [4.78, 5) is 31.6. The molecule has 8 nitrogen and oxygen atoms in total. The smallest absolute Gasteiger partial charge is 0.307 e. The topological polar surface area (TPSA) is 96.0 Å². The Balaban J connectivity index is 1.40. The number of benzene rings is 1. The van der Waals surface area contributed by atoms with E-state index >= 15 is 0 Å². The van der Waals surface area contributed by atoms with Crippen molar-refractivity contribution in [3.8, 4) is 22.6 Å². The normalized spacial score (nSPS) is 16.1. The van der Waals surface area contributed by atoms with Crippen LogP contribution in [0.5, 0.6) is 0 Å². The van der Waals surface area contributed by atoms with Crippen LogP contribution in [0.25, 0.3) is 33.5 Å². The van der Waals surface area contributed by atoms with Gasteiger partial charge < -0.3 is 19.9 Å². The van der Waals surface area contributed by atoms with Crippen molar-refractivity contribution >= 4 is 22.6 Å². The SMILES string of the molecule is Cc1cccc(-c2[nH]cnc2-c2ccc3ncc(N4CCNC(CC(=O)OC(C)C)C4)cc3c2)n1. The van der Waals surface area contributed by atoms with Crippen molar-refractivity contribution < 1.29 is 9.53 Å². The van der Waals surface area contributed by atoms with Gasteiger partial charge in [-0.25, -0.2) is 4.98 Å². The Kier molecular flexibility index (Phi) is 6.46. The van der Waals surface area contributed by atoms with E-state index in [1.165, 1.54) is 0 Å². The van der Waals surface area contributed by atoms with Crippen LogP contribution in [-0.2, 0) is 9.53 Å². The van der Waals surface area contributed by atoms with Crippen LogP contribution in [0, 0.1) is 6.92 Å². The van der Waals surface area contributed by atoms with E-state index in [0.29, 0.717) is 6.42 Å². The number of imidazole rings is 1. The van der Waals surface area contributed by atoms with Crippen molar-refractivity contribution in [1.29, 1.82) is 0 Å². The molecule has 1 aliphatic heterocycles. The average Bonchev–Trinajstić information content (AvgIpc) is 3.33. The highest BCUT2D eigenvalue weighted by atomic mass is 16.5. The number of pyridine rings is 2. The molecule has 8 heteroatoms. The molecule has 1 fully saturated rings. The Labute approximate surface area is 204 Å². The lowest BCUT2D eigenvalue weighted by atomic mass is 10.0. The lowest BCUT2D eigenvalue weighted by Gasteiger charge is -2.35. The number of nitrogens with one attached hydrogen (secondary N) is 2. The van der Waals surface area contributed by atoms with Crippen molar-refractivity contribution in [2.75, 3.05) is 24.5 Å². The Bertz CT molecular complexity index is 1350. The van der Waals surface area contributed by atoms with Gasteiger partial charge in [-0.1, -0.05) is 12.1 Å². The van der Waals surface area contributed by atoms with Crippen LogP contribution in [0.4, 0.5) is 5.69 Å². The van der Waals surface area contributed by atoms with E-state index in [0.717, 1.165) is 64.6 Å². The Morgan fingerprint density at radius 3 is 2.91 bits per heavy atom. The third kappa shape index (κ3) is 5.17. The van der Waals surface area contributed by atoms with Gasteiger partial charge in [-0.05, 0) is 51.1 Å². The molecule has 1 aliphatic rings. The Morgan fingerprint density at radius 2 is 2.09 bits per heavy atom. The molecule has 2 N–H and O–H groups in total. The van der Waals surface area contributed by atoms with E-state index in [4.69, 9.17) is 9.72 Å². The number of carbonyl (C=O) groups is 1. The minimum Gasteiger partial charge on any atom is -0.463 e. The average molecular weight is 471 g/mol. The van der Waals surface area contributed by atoms with Crippen LogP contribution in [-0.4, -0.2) is 57.7 Å². The summed E-state index contributed by atoms with van der Waals surface area (Å²) in [7, 11) is 0. The van der Waals surface area contributed by atoms with Gasteiger partial charge in [0.15, 0.2) is 0 Å². The van der Waals surface area contributed by atoms with Gasteiger partial charge in [0.05, 0.1) is 53.3 Å². The molecule has 0 radical (unpaired) electrons. The number of nitrogens with zero attached hydrogens (tertiary/aromatic N) is 4. The lowest BCUT2D eigenvalue weighted by molar-refractivity contribution is -0.147. The molecule has 35 heavy (non-hydrogen) atoms. The molecule has 0 bridgehead atoms. The van der Waals surface area contributed by atoms with Gasteiger partial charge in [-0.15, -0.1) is 0 Å². The van der Waals surface area contributed by atoms with E-state index in [9.17, 15) is 4.79 Å². The number of anilines is 1. The van der Waals surface area contributed by atoms with Crippen LogP contribution in [0.2, 0.25) is 0 Å². The summed E-state index contributed by atoms with van der Waals surface area (Å²) < 4.78 is 5.33. The Hall–Kier alpha value is -3.78. The summed E-state index contributed by atoms with van der Waals surface area (Å²) in [6, 6.07) is 14.4. The number of carbonyl (C=O) groups excluding carboxylic acids is 1. The summed E-state index contributed by atoms with van der Waals surface area (Å²) >= 11 is 0. The Morgan fingerprint density at radius 1 is 1.20 bits per heavy atom. The summed E-state index contributed by atoms with van der Waals surface area (Å²) in [6.07, 6.45) is 3.87. The molecule has 0 amide bonds. The predicted molar refractivity (Wildman–Crippen MR) is 137 cm³/mol. The molecule has 4 aromatic rings. The van der Waals surface area contributed by atoms with E-state index in [1.54, 1.807) is 6.33 Å². The van der Waals surface area contributed by atoms with Gasteiger partial charge in [0.1, 0.15) is 0 Å². The maximum atomic E-state index is 12.1. The van der Waals surface area contributed by atoms with Gasteiger partial charge >= 0.3 is 5.97 Å². The van der Waals surface area contributed by atoms with Crippen LogP contribution >= 0.6 is 0 Å². The maximum absolute atomic E-state index is 12.1. The largest absolute Gasteiger partial charge is 0.463 e. The monoisotopic (exact) mass is 470 g/mol. The number of fused-ring (bicyclic) bond motifs is 1. The van der Waals surface area contributed by atoms with Crippen LogP contribution in [0.3, 0.4) is 0 Å². The molecular weight excluding hydrogens is 440 g/mol. The van der Waals surface area contributed by atoms with Crippen molar-refractivity contribution in [3.63, 3.8) is 0 Å². The number of hydrogen-bond donors (Lipinski definition) is 2. The first-order valence-corrected chi connectivity index (χ1v) is 12.0. The van der Waals surface area contributed by atoms with Crippen molar-refractivity contribution in [1.82, 2.24) is 25.3 Å². The fraction of sp³-hybridized carbons (Fsp3) is 0.333. The summed E-state index contributed by atoms with van der Waals surface area (Å²) in [6.45, 7) is 8.11. The molecule has 3 aromatic heterocycles. The highest BCUT2D eigenvalue weighted by Crippen LogP contribution is 2.31. The second kappa shape index (κ2) is 9.84. The van der Waals surface area contributed by atoms with E-state index < -0.39 is 0 Å². The second-order valence-corrected chi connectivity index (χ2v) is 9.23. The van der Waals surface area contributed by atoms with Crippen molar-refractivity contribution in [3.05, 3.63) is 60.7 Å². The standard InChI is InChI=1S/C27H30N6O2/c1-17(2)35-25(34)13-21-15-33(10-9-28-21)22-12-20-11-19(7-8-23(20)29-14-22)26-27(31-16-30-26)24-6-4-5-18(3)32-24/h4-8,11-12,14,16-17,21,28H,9-10,13,15H2,1-3H3,(H,30,31). The predicted octanol–water partition coefficient (Wildman–Crippen LogP) is 4.12. The number of aromatic amines is 1. The van der Waals surface area contributed by atoms with Crippen LogP contribution in [0.15, 0.2) is 55.0 Å². The third-order valence-corrected chi connectivity index (χ3v) is 6.12. The highest BCUT2D eigenvalue weighted by molar-refractivity contribution is 5.88. The molecule has 180 valence electrons. The van der Waals surface area contributed by atoms with Crippen LogP contribution < -0.4 is 10.2 Å². The zero-order chi connectivity index (χ0) is 24.4. The number of esters is 1. The quantitative estimate of drug-likeness (QED) is 0.409. The van der Waals surface area contributed by atoms with E-state index in [1.807, 2.05) is 57.3 Å². The van der Waals surface area contributed by atoms with Gasteiger partial charge in [-0.3, -0.25) is 14.8 Å². The number of piperazine rings is 1. The summed E-state index contributed by atoms with van der Waals surface area (Å²) in [5.41, 5.74) is 6.56. The highest BCUT2D eigenvalue weighted by Gasteiger charge is 2.23. The molecule has 0 saturated carbocycles. The molecular formula is C27H30N6O2. The van der Waals surface area contributed by atoms with Gasteiger partial charge in [-0.2, -0.15) is 0 Å². The fourth-order valence-corrected chi connectivity index (χ4v) is 4.54. The van der Waals surface area contributed by atoms with Crippen molar-refractivity contribution in [2.24, 2.45) is 0 Å². The first-order chi connectivity index (χ1) is 17.0. The van der Waals surface area contributed by atoms with Gasteiger partial charge in [0, 0.05) is 42.3 Å². The second-order valence-electron chi connectivity index (χ2n) is 9.23. The fourth-order valence-electron chi connectivity index (χ4n) is 4.54. The first-order valence-electron chi connectivity index (χ1n) is 12.0. The minimum absolute atomic E-state index is 0.0467. The molecule has 1 saturated heterocycles. The maximum Gasteiger partial charge on any atom is 0.307 e. The van der Waals surface area contributed by atoms with Gasteiger partial charge in [0.25, 0.3) is 0 Å². The number of hydrogen-bond acceptors (Lipinski definition) is 7. The van der Waals surface area contributed by atoms with Crippen molar-refractivity contribution in [2.45, 2.75) is 39.3 Å². The van der Waals surface area contributed by atoms with Gasteiger partial charge in [0.2, 0.25) is 0 Å². The summed E-state index contributed by atoms with van der Waals surface area (Å²) in [5, 5.41) is 4.48. The number of aromatic nitrogens is 4. The number of ether oxygens (including phenoxy) is 1. The molecule has 1 aromatic carbocycles. The molecule has 0 aliphatic carbocycles. The molecule has 4 heterocycles. The number of aryl methyl sites for hydroxylation is 1. The first kappa shape index (κ1) is 23.0. The lowest BCUT2D eigenvalue weighted by Crippen LogP contribution is -2.51. The summed E-state index contributed by atoms with van der Waals surface area (Å²) in [5.74, 6) is -0.168. The van der Waals surface area contributed by atoms with Crippen LogP contribution in [0.1, 0.15) is 26.0 Å². The molecule has 1 atom stereocenters. The minimum atomic E-state index is -0.168. The zero-order valence-electron chi connectivity index (χ0n) is 20.3. The number of rotatable bonds is 6. The zero-order valence-corrected chi connectivity index (χ0v) is 20.3. The third-order valence-electron chi connectivity index (χ3n) is 6.12. The molecule has 1 unspecified atom stereocenters. The van der Waals surface area contributed by atoms with E-state index in [2.05, 4.69) is 37.3 Å². The van der Waals surface area contributed by atoms with E-state index in [-0.39, 0.29) is 18.1 Å². The molecule has 0 spiro atoms. The number of H-pyrrole nitrogens is 1.